The smallest absolute Gasteiger partial charge is 0.339 e. The fourth-order valence-electron chi connectivity index (χ4n) is 1.43. The molecule has 0 amide bonds. The molecule has 1 rings (SSSR count). The molecule has 0 saturated carbocycles. The van der Waals surface area contributed by atoms with Crippen LogP contribution < -0.4 is 0 Å². The Hall–Kier alpha value is -2.87. The van der Waals surface area contributed by atoms with Gasteiger partial charge in [0.1, 0.15) is 12.4 Å². The van der Waals surface area contributed by atoms with Crippen molar-refractivity contribution in [2.45, 2.75) is 12.0 Å². The van der Waals surface area contributed by atoms with E-state index in [2.05, 4.69) is 4.74 Å². The Morgan fingerprint density at radius 3 is 2.23 bits per heavy atom. The van der Waals surface area contributed by atoms with Crippen molar-refractivity contribution in [2.24, 2.45) is 0 Å². The molecule has 0 unspecified atom stereocenters. The van der Waals surface area contributed by atoms with Crippen LogP contribution in [0.25, 0.3) is 6.08 Å². The molecule has 0 heterocycles. The molecule has 1 aromatic carbocycles. The number of hydrogen-bond donors (Lipinski definition) is 4. The van der Waals surface area contributed by atoms with E-state index in [9.17, 15) is 19.5 Å². The number of esters is 1. The molecule has 0 spiro atoms. The topological polar surface area (TPSA) is 141 Å². The molecule has 0 aliphatic heterocycles. The van der Waals surface area contributed by atoms with Crippen molar-refractivity contribution < 1.29 is 39.5 Å². The second-order valence-electron chi connectivity index (χ2n) is 4.44. The summed E-state index contributed by atoms with van der Waals surface area (Å²) in [5.74, 6) is -4.23. The number of aliphatic carboxylic acids is 2. The number of carboxylic acids is 2. The zero-order valence-corrected chi connectivity index (χ0v) is 11.3. The Labute approximate surface area is 124 Å². The molecule has 22 heavy (non-hydrogen) atoms. The van der Waals surface area contributed by atoms with Gasteiger partial charge in [-0.2, -0.15) is 0 Å². The second kappa shape index (κ2) is 7.23. The normalized spacial score (nSPS) is 13.5. The molecule has 0 bridgehead atoms. The highest BCUT2D eigenvalue weighted by atomic mass is 16.5. The number of rotatable bonds is 7. The van der Waals surface area contributed by atoms with Crippen molar-refractivity contribution in [3.63, 3.8) is 0 Å². The highest BCUT2D eigenvalue weighted by Crippen LogP contribution is 2.13. The van der Waals surface area contributed by atoms with Crippen LogP contribution in [0, 0.1) is 0 Å². The molecule has 8 heteroatoms. The second-order valence-corrected chi connectivity index (χ2v) is 4.44. The van der Waals surface area contributed by atoms with E-state index in [-0.39, 0.29) is 5.75 Å². The molecular formula is C14H14O8. The first-order chi connectivity index (χ1) is 10.2. The van der Waals surface area contributed by atoms with Gasteiger partial charge in [-0.05, 0) is 23.8 Å². The Balaban J connectivity index is 2.62. The van der Waals surface area contributed by atoms with Gasteiger partial charge in [0, 0.05) is 6.08 Å². The van der Waals surface area contributed by atoms with Gasteiger partial charge in [0.2, 0.25) is 5.60 Å². The standard InChI is InChI=1S/C14H14O8/c15-10-4-1-9(2-5-10)3-6-12(18)22-8-14(21,13(19)20)7-11(16)17/h1-6,15,21H,7-8H2,(H,16,17)(H,19,20)/t14-/m0/s1. The summed E-state index contributed by atoms with van der Waals surface area (Å²) in [5.41, 5.74) is -2.11. The van der Waals surface area contributed by atoms with Crippen LogP contribution in [-0.4, -0.2) is 50.5 Å². The Morgan fingerprint density at radius 1 is 1.14 bits per heavy atom. The van der Waals surface area contributed by atoms with E-state index in [1.165, 1.54) is 30.3 Å². The number of phenols is 1. The summed E-state index contributed by atoms with van der Waals surface area (Å²) in [6.07, 6.45) is 1.23. The number of phenolic OH excluding ortho intramolecular Hbond substituents is 1. The summed E-state index contributed by atoms with van der Waals surface area (Å²) in [6.45, 7) is -0.993. The van der Waals surface area contributed by atoms with Crippen LogP contribution in [0.3, 0.4) is 0 Å². The molecule has 4 N–H and O–H groups in total. The quantitative estimate of drug-likeness (QED) is 0.414. The molecule has 0 saturated heterocycles. The molecule has 0 radical (unpaired) electrons. The van der Waals surface area contributed by atoms with Gasteiger partial charge in [-0.15, -0.1) is 0 Å². The zero-order chi connectivity index (χ0) is 16.8. The zero-order valence-electron chi connectivity index (χ0n) is 11.3. The van der Waals surface area contributed by atoms with Gasteiger partial charge in [0.05, 0.1) is 6.42 Å². The van der Waals surface area contributed by atoms with E-state index in [0.717, 1.165) is 6.08 Å². The molecule has 1 aromatic rings. The third kappa shape index (κ3) is 5.25. The van der Waals surface area contributed by atoms with Crippen molar-refractivity contribution >= 4 is 24.0 Å². The number of aromatic hydroxyl groups is 1. The van der Waals surface area contributed by atoms with Crippen LogP contribution >= 0.6 is 0 Å². The van der Waals surface area contributed by atoms with Gasteiger partial charge in [0.15, 0.2) is 0 Å². The third-order valence-corrected chi connectivity index (χ3v) is 2.60. The minimum Gasteiger partial charge on any atom is -0.508 e. The summed E-state index contributed by atoms with van der Waals surface area (Å²) in [4.78, 5) is 32.8. The fraction of sp³-hybridized carbons (Fsp3) is 0.214. The Kier molecular flexibility index (Phi) is 5.65. The monoisotopic (exact) mass is 310 g/mol. The lowest BCUT2D eigenvalue weighted by Gasteiger charge is -2.20. The van der Waals surface area contributed by atoms with Crippen LogP contribution in [0.15, 0.2) is 30.3 Å². The predicted octanol–water partition coefficient (Wildman–Crippen LogP) is 0.239. The largest absolute Gasteiger partial charge is 0.508 e. The maximum atomic E-state index is 11.4. The van der Waals surface area contributed by atoms with Crippen molar-refractivity contribution in [3.8, 4) is 5.75 Å². The summed E-state index contributed by atoms with van der Waals surface area (Å²) in [5, 5.41) is 36.0. The summed E-state index contributed by atoms with van der Waals surface area (Å²) in [6, 6.07) is 5.86. The average molecular weight is 310 g/mol. The van der Waals surface area contributed by atoms with Gasteiger partial charge in [0.25, 0.3) is 0 Å². The van der Waals surface area contributed by atoms with Crippen molar-refractivity contribution in [2.75, 3.05) is 6.61 Å². The first kappa shape index (κ1) is 17.2. The van der Waals surface area contributed by atoms with Crippen molar-refractivity contribution in [1.82, 2.24) is 0 Å². The van der Waals surface area contributed by atoms with Gasteiger partial charge in [-0.25, -0.2) is 9.59 Å². The number of hydrogen-bond acceptors (Lipinski definition) is 6. The molecular weight excluding hydrogens is 296 g/mol. The summed E-state index contributed by atoms with van der Waals surface area (Å²) < 4.78 is 4.55. The summed E-state index contributed by atoms with van der Waals surface area (Å²) >= 11 is 0. The molecule has 0 aliphatic carbocycles. The Morgan fingerprint density at radius 2 is 1.73 bits per heavy atom. The fourth-order valence-corrected chi connectivity index (χ4v) is 1.43. The Bertz CT molecular complexity index is 589. The number of ether oxygens (including phenoxy) is 1. The van der Waals surface area contributed by atoms with Crippen LogP contribution in [-0.2, 0) is 19.1 Å². The molecule has 0 fully saturated rings. The van der Waals surface area contributed by atoms with Crippen molar-refractivity contribution in [3.05, 3.63) is 35.9 Å². The molecule has 1 atom stereocenters. The van der Waals surface area contributed by atoms with E-state index in [0.29, 0.717) is 5.56 Å². The predicted molar refractivity (Wildman–Crippen MR) is 72.9 cm³/mol. The average Bonchev–Trinajstić information content (AvgIpc) is 2.43. The first-order valence-electron chi connectivity index (χ1n) is 6.04. The number of carbonyl (C=O) groups is 3. The maximum absolute atomic E-state index is 11.4. The lowest BCUT2D eigenvalue weighted by molar-refractivity contribution is -0.174. The minimum atomic E-state index is -2.69. The van der Waals surface area contributed by atoms with E-state index in [1.54, 1.807) is 0 Å². The molecule has 8 nitrogen and oxygen atoms in total. The van der Waals surface area contributed by atoms with Crippen LogP contribution in [0.1, 0.15) is 12.0 Å². The van der Waals surface area contributed by atoms with Gasteiger partial charge in [-0.3, -0.25) is 4.79 Å². The highest BCUT2D eigenvalue weighted by Gasteiger charge is 2.40. The maximum Gasteiger partial charge on any atom is 0.339 e. The lowest BCUT2D eigenvalue weighted by atomic mass is 10.0. The van der Waals surface area contributed by atoms with Gasteiger partial charge < -0.3 is 25.2 Å². The van der Waals surface area contributed by atoms with Gasteiger partial charge >= 0.3 is 17.9 Å². The van der Waals surface area contributed by atoms with Crippen LogP contribution in [0.2, 0.25) is 0 Å². The molecule has 0 aromatic heterocycles. The number of aliphatic hydroxyl groups is 1. The number of carbonyl (C=O) groups excluding carboxylic acids is 1. The molecule has 0 aliphatic rings. The minimum absolute atomic E-state index is 0.0555. The number of carboxylic acid groups (broad SMARTS) is 2. The summed E-state index contributed by atoms with van der Waals surface area (Å²) in [7, 11) is 0. The van der Waals surface area contributed by atoms with Crippen LogP contribution in [0.5, 0.6) is 5.75 Å². The SMILES string of the molecule is O=C(O)C[C@](O)(COC(=O)C=Cc1ccc(O)cc1)C(=O)O. The third-order valence-electron chi connectivity index (χ3n) is 2.60. The van der Waals surface area contributed by atoms with E-state index >= 15 is 0 Å². The number of benzene rings is 1. The van der Waals surface area contributed by atoms with E-state index < -0.39 is 36.5 Å². The lowest BCUT2D eigenvalue weighted by Crippen LogP contribution is -2.45. The van der Waals surface area contributed by atoms with Crippen LogP contribution in [0.4, 0.5) is 0 Å². The highest BCUT2D eigenvalue weighted by molar-refractivity contribution is 5.88. The van der Waals surface area contributed by atoms with Gasteiger partial charge in [-0.1, -0.05) is 12.1 Å². The van der Waals surface area contributed by atoms with E-state index in [4.69, 9.17) is 15.3 Å². The first-order valence-corrected chi connectivity index (χ1v) is 6.04. The molecule has 118 valence electrons. The van der Waals surface area contributed by atoms with Crippen molar-refractivity contribution in [1.29, 1.82) is 0 Å². The van der Waals surface area contributed by atoms with E-state index in [1.807, 2.05) is 0 Å².